The molecule has 1 fully saturated rings. The summed E-state index contributed by atoms with van der Waals surface area (Å²) < 4.78 is 1.49. The number of imide groups is 1. The zero-order chi connectivity index (χ0) is 25.9. The van der Waals surface area contributed by atoms with Crippen LogP contribution in [0.3, 0.4) is 0 Å². The first kappa shape index (κ1) is 22.9. The first-order valence-electron chi connectivity index (χ1n) is 12.1. The van der Waals surface area contributed by atoms with Crippen LogP contribution in [0.5, 0.6) is 0 Å². The van der Waals surface area contributed by atoms with E-state index in [4.69, 9.17) is 0 Å². The second-order valence-electron chi connectivity index (χ2n) is 10.1. The largest absolute Gasteiger partial charge is 0.377 e. The molecule has 3 N–H and O–H groups in total. The Kier molecular flexibility index (Phi) is 5.11. The Morgan fingerprint density at radius 2 is 1.95 bits per heavy atom. The second-order valence-corrected chi connectivity index (χ2v) is 10.1. The molecule has 11 heteroatoms. The van der Waals surface area contributed by atoms with Crippen LogP contribution in [0.15, 0.2) is 48.7 Å². The number of nitrogens with zero attached hydrogens (tertiary/aromatic N) is 4. The third-order valence-corrected chi connectivity index (χ3v) is 7.22. The number of hydrogen-bond acceptors (Lipinski definition) is 7. The highest BCUT2D eigenvalue weighted by Crippen LogP contribution is 2.40. The summed E-state index contributed by atoms with van der Waals surface area (Å²) in [5.41, 5.74) is 3.66. The molecule has 2 unspecified atom stereocenters. The Morgan fingerprint density at radius 1 is 1.14 bits per heavy atom. The fourth-order valence-corrected chi connectivity index (χ4v) is 5.33. The van der Waals surface area contributed by atoms with Crippen LogP contribution in [0.2, 0.25) is 0 Å². The number of nitrogens with one attached hydrogen (secondary N) is 3. The fraction of sp³-hybridized carbons (Fsp3) is 0.308. The lowest BCUT2D eigenvalue weighted by molar-refractivity contribution is -0.136. The van der Waals surface area contributed by atoms with Crippen molar-refractivity contribution in [1.82, 2.24) is 30.5 Å². The van der Waals surface area contributed by atoms with Crippen LogP contribution in [0.25, 0.3) is 5.69 Å². The Morgan fingerprint density at radius 3 is 2.76 bits per heavy atom. The topological polar surface area (TPSA) is 138 Å². The zero-order valence-electron chi connectivity index (χ0n) is 20.3. The summed E-state index contributed by atoms with van der Waals surface area (Å²) in [4.78, 5) is 51.3. The number of rotatable bonds is 4. The predicted molar refractivity (Wildman–Crippen MR) is 132 cm³/mol. The summed E-state index contributed by atoms with van der Waals surface area (Å²) in [5, 5.41) is 17.0. The minimum Gasteiger partial charge on any atom is -0.377 e. The number of piperidine rings is 1. The highest BCUT2D eigenvalue weighted by atomic mass is 16.2. The van der Waals surface area contributed by atoms with Crippen molar-refractivity contribution in [3.8, 4) is 5.69 Å². The van der Waals surface area contributed by atoms with Gasteiger partial charge in [-0.25, -0.2) is 4.68 Å². The first-order valence-corrected chi connectivity index (χ1v) is 12.1. The van der Waals surface area contributed by atoms with Crippen molar-refractivity contribution in [2.75, 3.05) is 5.32 Å². The van der Waals surface area contributed by atoms with Crippen molar-refractivity contribution in [3.63, 3.8) is 0 Å². The summed E-state index contributed by atoms with van der Waals surface area (Å²) in [7, 11) is 0. The van der Waals surface area contributed by atoms with Crippen LogP contribution in [-0.2, 0) is 16.1 Å². The molecule has 37 heavy (non-hydrogen) atoms. The quantitative estimate of drug-likeness (QED) is 0.465. The van der Waals surface area contributed by atoms with Gasteiger partial charge in [0.15, 0.2) is 5.69 Å². The van der Waals surface area contributed by atoms with Gasteiger partial charge in [-0.2, -0.15) is 0 Å². The van der Waals surface area contributed by atoms with Crippen LogP contribution in [-0.4, -0.2) is 55.1 Å². The maximum Gasteiger partial charge on any atom is 0.274 e. The second kappa shape index (κ2) is 8.26. The molecular formula is C26H25N7O4. The third kappa shape index (κ3) is 3.83. The molecule has 3 aromatic rings. The molecule has 2 aromatic carbocycles. The van der Waals surface area contributed by atoms with Crippen LogP contribution in [0.4, 0.5) is 5.69 Å². The van der Waals surface area contributed by atoms with Gasteiger partial charge < -0.3 is 15.5 Å². The number of amides is 4. The van der Waals surface area contributed by atoms with E-state index >= 15 is 0 Å². The van der Waals surface area contributed by atoms with Crippen molar-refractivity contribution in [3.05, 3.63) is 71.0 Å². The van der Waals surface area contributed by atoms with E-state index in [9.17, 15) is 19.2 Å². The van der Waals surface area contributed by atoms with Gasteiger partial charge in [0, 0.05) is 24.2 Å². The molecule has 0 aliphatic carbocycles. The predicted octanol–water partition coefficient (Wildman–Crippen LogP) is 1.70. The van der Waals surface area contributed by atoms with Gasteiger partial charge in [0.25, 0.3) is 11.8 Å². The number of fused-ring (bicyclic) bond motifs is 2. The van der Waals surface area contributed by atoms with Crippen molar-refractivity contribution >= 4 is 29.3 Å². The van der Waals surface area contributed by atoms with Gasteiger partial charge in [0.05, 0.1) is 23.5 Å². The molecule has 11 nitrogen and oxygen atoms in total. The van der Waals surface area contributed by atoms with Gasteiger partial charge in [-0.1, -0.05) is 23.4 Å². The lowest BCUT2D eigenvalue weighted by Crippen LogP contribution is -2.52. The number of hydrogen-bond donors (Lipinski definition) is 3. The van der Waals surface area contributed by atoms with Gasteiger partial charge in [-0.05, 0) is 55.7 Å². The van der Waals surface area contributed by atoms with Crippen LogP contribution in [0.1, 0.15) is 64.7 Å². The van der Waals surface area contributed by atoms with Crippen molar-refractivity contribution in [2.24, 2.45) is 0 Å². The van der Waals surface area contributed by atoms with Crippen LogP contribution < -0.4 is 16.0 Å². The lowest BCUT2D eigenvalue weighted by atomic mass is 9.93. The van der Waals surface area contributed by atoms with E-state index in [1.165, 1.54) is 9.58 Å². The third-order valence-electron chi connectivity index (χ3n) is 7.22. The number of anilines is 1. The number of aromatic nitrogens is 3. The number of carbonyl (C=O) groups excluding carboxylic acids is 4. The van der Waals surface area contributed by atoms with Gasteiger partial charge >= 0.3 is 0 Å². The molecule has 188 valence electrons. The van der Waals surface area contributed by atoms with Crippen LogP contribution >= 0.6 is 0 Å². The molecule has 4 amide bonds. The molecule has 3 aliphatic rings. The summed E-state index contributed by atoms with van der Waals surface area (Å²) >= 11 is 0. The average molecular weight is 500 g/mol. The van der Waals surface area contributed by atoms with E-state index < -0.39 is 11.9 Å². The molecular weight excluding hydrogens is 474 g/mol. The minimum absolute atomic E-state index is 0.168. The highest BCUT2D eigenvalue weighted by molar-refractivity contribution is 6.05. The summed E-state index contributed by atoms with van der Waals surface area (Å²) in [6, 6.07) is 12.2. The average Bonchev–Trinajstić information content (AvgIpc) is 3.54. The standard InChI is InChI=1S/C26H25N7O4/c1-26(2)22(17-5-3-4-6-18(17)29-26)28-23(35)19-13-33(31-30-19)15-7-8-16-14(11-15)12-32(25(16)37)20-9-10-21(34)27-24(20)36/h3-8,11,13,20,22,29H,9-10,12H2,1-2H3,(H,28,35)(H,27,34,36). The molecule has 0 spiro atoms. The molecule has 6 rings (SSSR count). The summed E-state index contributed by atoms with van der Waals surface area (Å²) in [5.74, 6) is -1.37. The molecule has 1 saturated heterocycles. The van der Waals surface area contributed by atoms with Gasteiger partial charge in [0.1, 0.15) is 6.04 Å². The van der Waals surface area contributed by atoms with E-state index in [-0.39, 0.29) is 48.0 Å². The fourth-order valence-electron chi connectivity index (χ4n) is 5.33. The maximum absolute atomic E-state index is 13.1. The van der Waals surface area contributed by atoms with Gasteiger partial charge in [-0.15, -0.1) is 5.10 Å². The van der Waals surface area contributed by atoms with E-state index in [0.29, 0.717) is 17.7 Å². The normalized spacial score (nSPS) is 21.8. The number of benzene rings is 2. The Labute approximate surface area is 212 Å². The van der Waals surface area contributed by atoms with Crippen LogP contribution in [0, 0.1) is 0 Å². The number of carbonyl (C=O) groups is 4. The molecule has 4 heterocycles. The molecule has 0 saturated carbocycles. The zero-order valence-corrected chi connectivity index (χ0v) is 20.3. The summed E-state index contributed by atoms with van der Waals surface area (Å²) in [6.45, 7) is 4.30. The smallest absolute Gasteiger partial charge is 0.274 e. The monoisotopic (exact) mass is 499 g/mol. The highest BCUT2D eigenvalue weighted by Gasteiger charge is 2.40. The first-order chi connectivity index (χ1) is 17.7. The molecule has 0 bridgehead atoms. The molecule has 1 aromatic heterocycles. The van der Waals surface area contributed by atoms with Crippen molar-refractivity contribution in [2.45, 2.75) is 50.9 Å². The molecule has 0 radical (unpaired) electrons. The van der Waals surface area contributed by atoms with Crippen molar-refractivity contribution < 1.29 is 19.2 Å². The molecule has 3 aliphatic heterocycles. The van der Waals surface area contributed by atoms with E-state index in [2.05, 4.69) is 26.3 Å². The Hall–Kier alpha value is -4.54. The lowest BCUT2D eigenvalue weighted by Gasteiger charge is -2.29. The van der Waals surface area contributed by atoms with E-state index in [0.717, 1.165) is 16.8 Å². The van der Waals surface area contributed by atoms with E-state index in [1.807, 2.05) is 38.1 Å². The molecule has 2 atom stereocenters. The Balaban J connectivity index is 1.20. The van der Waals surface area contributed by atoms with Gasteiger partial charge in [0.2, 0.25) is 11.8 Å². The van der Waals surface area contributed by atoms with Crippen molar-refractivity contribution in [1.29, 1.82) is 0 Å². The number of para-hydroxylation sites is 1. The SMILES string of the molecule is CC1(C)Nc2ccccc2C1NC(=O)c1cn(-c2ccc3c(c2)CN(C2CCC(=O)NC2=O)C3=O)nn1. The summed E-state index contributed by atoms with van der Waals surface area (Å²) in [6.07, 6.45) is 2.05. The van der Waals surface area contributed by atoms with Gasteiger partial charge in [-0.3, -0.25) is 24.5 Å². The van der Waals surface area contributed by atoms with E-state index in [1.54, 1.807) is 24.4 Å². The Bertz CT molecular complexity index is 1480. The maximum atomic E-state index is 13.1. The minimum atomic E-state index is -0.679.